The van der Waals surface area contributed by atoms with Crippen molar-refractivity contribution in [1.29, 1.82) is 0 Å². The van der Waals surface area contributed by atoms with Crippen molar-refractivity contribution in [3.05, 3.63) is 18.0 Å². The molecule has 1 unspecified atom stereocenters. The molecule has 0 spiro atoms. The van der Waals surface area contributed by atoms with Crippen molar-refractivity contribution < 1.29 is 4.79 Å². The number of piperidine rings is 1. The lowest BCUT2D eigenvalue weighted by atomic mass is 9.93. The second-order valence-corrected chi connectivity index (χ2v) is 4.17. The standard InChI is InChI=1S/C11H17N3O/c1-14-6-4-10(13-14)7-11(15)9-3-2-5-12-8-9/h4,6,9,12H,2-3,5,7-8H2,1H3. The topological polar surface area (TPSA) is 46.9 Å². The highest BCUT2D eigenvalue weighted by molar-refractivity contribution is 5.83. The minimum absolute atomic E-state index is 0.195. The molecule has 0 aliphatic carbocycles. The predicted octanol–water partition coefficient (Wildman–Crippen LogP) is 0.531. The van der Waals surface area contributed by atoms with Gasteiger partial charge in [-0.3, -0.25) is 9.48 Å². The maximum absolute atomic E-state index is 11.9. The molecule has 1 atom stereocenters. The molecule has 1 aliphatic heterocycles. The zero-order chi connectivity index (χ0) is 10.7. The number of Topliss-reactive ketones (excluding diaryl/α,β-unsaturated/α-hetero) is 1. The third-order valence-electron chi connectivity index (χ3n) is 2.88. The summed E-state index contributed by atoms with van der Waals surface area (Å²) < 4.78 is 1.74. The quantitative estimate of drug-likeness (QED) is 0.786. The number of carbonyl (C=O) groups excluding carboxylic acids is 1. The van der Waals surface area contributed by atoms with Crippen LogP contribution in [-0.2, 0) is 18.3 Å². The molecule has 1 aromatic heterocycles. The molecule has 0 bridgehead atoms. The Labute approximate surface area is 89.7 Å². The van der Waals surface area contributed by atoms with Crippen LogP contribution < -0.4 is 5.32 Å². The molecule has 2 rings (SSSR count). The van der Waals surface area contributed by atoms with Gasteiger partial charge >= 0.3 is 0 Å². The second-order valence-electron chi connectivity index (χ2n) is 4.17. The van der Waals surface area contributed by atoms with Gasteiger partial charge in [-0.25, -0.2) is 0 Å². The van der Waals surface area contributed by atoms with Crippen LogP contribution in [0.5, 0.6) is 0 Å². The fourth-order valence-corrected chi connectivity index (χ4v) is 2.01. The summed E-state index contributed by atoms with van der Waals surface area (Å²) in [5.41, 5.74) is 0.882. The molecule has 4 nitrogen and oxygen atoms in total. The first-order chi connectivity index (χ1) is 7.25. The molecule has 4 heteroatoms. The molecule has 0 saturated carbocycles. The van der Waals surface area contributed by atoms with E-state index in [1.165, 1.54) is 0 Å². The maximum atomic E-state index is 11.9. The van der Waals surface area contributed by atoms with Crippen LogP contribution >= 0.6 is 0 Å². The highest BCUT2D eigenvalue weighted by Crippen LogP contribution is 2.13. The van der Waals surface area contributed by atoms with Crippen molar-refractivity contribution in [3.63, 3.8) is 0 Å². The van der Waals surface area contributed by atoms with E-state index in [1.54, 1.807) is 4.68 Å². The number of ketones is 1. The summed E-state index contributed by atoms with van der Waals surface area (Å²) in [6.45, 7) is 1.89. The normalized spacial score (nSPS) is 21.5. The SMILES string of the molecule is Cn1ccc(CC(=O)C2CCCNC2)n1. The first kappa shape index (κ1) is 10.4. The van der Waals surface area contributed by atoms with Gasteiger partial charge in [-0.2, -0.15) is 5.10 Å². The van der Waals surface area contributed by atoms with Crippen LogP contribution in [0.2, 0.25) is 0 Å². The number of aryl methyl sites for hydroxylation is 1. The van der Waals surface area contributed by atoms with Crippen LogP contribution in [-0.4, -0.2) is 28.7 Å². The molecule has 0 amide bonds. The minimum atomic E-state index is 0.195. The van der Waals surface area contributed by atoms with Gasteiger partial charge in [0, 0.05) is 25.7 Å². The van der Waals surface area contributed by atoms with Gasteiger partial charge in [-0.15, -0.1) is 0 Å². The van der Waals surface area contributed by atoms with Gasteiger partial charge in [0.15, 0.2) is 0 Å². The van der Waals surface area contributed by atoms with E-state index in [4.69, 9.17) is 0 Å². The first-order valence-electron chi connectivity index (χ1n) is 5.47. The number of nitrogens with one attached hydrogen (secondary N) is 1. The molecular weight excluding hydrogens is 190 g/mol. The number of aromatic nitrogens is 2. The van der Waals surface area contributed by atoms with Gasteiger partial charge < -0.3 is 5.32 Å². The first-order valence-corrected chi connectivity index (χ1v) is 5.47. The van der Waals surface area contributed by atoms with Gasteiger partial charge in [0.05, 0.1) is 12.1 Å². The summed E-state index contributed by atoms with van der Waals surface area (Å²) in [6.07, 6.45) is 4.49. The van der Waals surface area contributed by atoms with Crippen LogP contribution in [0.4, 0.5) is 0 Å². The predicted molar refractivity (Wildman–Crippen MR) is 57.5 cm³/mol. The van der Waals surface area contributed by atoms with E-state index in [0.29, 0.717) is 12.2 Å². The van der Waals surface area contributed by atoms with Crippen molar-refractivity contribution in [1.82, 2.24) is 15.1 Å². The lowest BCUT2D eigenvalue weighted by molar-refractivity contribution is -0.122. The number of hydrogen-bond donors (Lipinski definition) is 1. The fraction of sp³-hybridized carbons (Fsp3) is 0.636. The van der Waals surface area contributed by atoms with E-state index < -0.39 is 0 Å². The third-order valence-corrected chi connectivity index (χ3v) is 2.88. The Balaban J connectivity index is 1.91. The third kappa shape index (κ3) is 2.65. The Bertz CT molecular complexity index is 339. The van der Waals surface area contributed by atoms with Crippen molar-refractivity contribution in [2.24, 2.45) is 13.0 Å². The van der Waals surface area contributed by atoms with E-state index in [9.17, 15) is 4.79 Å². The maximum Gasteiger partial charge on any atom is 0.143 e. The fourth-order valence-electron chi connectivity index (χ4n) is 2.01. The Kier molecular flexibility index (Phi) is 3.16. The average molecular weight is 207 g/mol. The van der Waals surface area contributed by atoms with Crippen LogP contribution in [0.25, 0.3) is 0 Å². The highest BCUT2D eigenvalue weighted by atomic mass is 16.1. The van der Waals surface area contributed by atoms with Crippen LogP contribution in [0, 0.1) is 5.92 Å². The van der Waals surface area contributed by atoms with E-state index in [0.717, 1.165) is 31.6 Å². The van der Waals surface area contributed by atoms with Crippen LogP contribution in [0.3, 0.4) is 0 Å². The molecule has 1 aliphatic rings. The summed E-state index contributed by atoms with van der Waals surface area (Å²) >= 11 is 0. The summed E-state index contributed by atoms with van der Waals surface area (Å²) in [4.78, 5) is 11.9. The molecular formula is C11H17N3O. The lowest BCUT2D eigenvalue weighted by Gasteiger charge is -2.21. The lowest BCUT2D eigenvalue weighted by Crippen LogP contribution is -2.35. The van der Waals surface area contributed by atoms with Gasteiger partial charge in [0.25, 0.3) is 0 Å². The van der Waals surface area contributed by atoms with Gasteiger partial charge in [-0.05, 0) is 25.5 Å². The summed E-state index contributed by atoms with van der Waals surface area (Å²) in [5, 5.41) is 7.48. The minimum Gasteiger partial charge on any atom is -0.316 e. The van der Waals surface area contributed by atoms with Crippen LogP contribution in [0.15, 0.2) is 12.3 Å². The molecule has 1 fully saturated rings. The van der Waals surface area contributed by atoms with Crippen molar-refractivity contribution in [3.8, 4) is 0 Å². The number of nitrogens with zero attached hydrogens (tertiary/aromatic N) is 2. The van der Waals surface area contributed by atoms with Crippen LogP contribution in [0.1, 0.15) is 18.5 Å². The summed E-state index contributed by atoms with van der Waals surface area (Å²) in [5.74, 6) is 0.515. The molecule has 2 heterocycles. The van der Waals surface area contributed by atoms with Gasteiger partial charge in [-0.1, -0.05) is 0 Å². The van der Waals surface area contributed by atoms with Crippen molar-refractivity contribution in [2.45, 2.75) is 19.3 Å². The summed E-state index contributed by atoms with van der Waals surface area (Å²) in [7, 11) is 1.87. The largest absolute Gasteiger partial charge is 0.316 e. The zero-order valence-electron chi connectivity index (χ0n) is 9.07. The molecule has 0 aromatic carbocycles. The average Bonchev–Trinajstić information content (AvgIpc) is 2.65. The number of hydrogen-bond acceptors (Lipinski definition) is 3. The molecule has 1 aromatic rings. The number of rotatable bonds is 3. The zero-order valence-corrected chi connectivity index (χ0v) is 9.07. The smallest absolute Gasteiger partial charge is 0.143 e. The van der Waals surface area contributed by atoms with E-state index in [1.807, 2.05) is 19.3 Å². The monoisotopic (exact) mass is 207 g/mol. The molecule has 82 valence electrons. The summed E-state index contributed by atoms with van der Waals surface area (Å²) in [6, 6.07) is 1.91. The van der Waals surface area contributed by atoms with Crippen molar-refractivity contribution in [2.75, 3.05) is 13.1 Å². The van der Waals surface area contributed by atoms with Gasteiger partial charge in [0.1, 0.15) is 5.78 Å². The Morgan fingerprint density at radius 2 is 2.60 bits per heavy atom. The van der Waals surface area contributed by atoms with Gasteiger partial charge in [0.2, 0.25) is 0 Å². The second kappa shape index (κ2) is 4.57. The van der Waals surface area contributed by atoms with Crippen molar-refractivity contribution >= 4 is 5.78 Å². The highest BCUT2D eigenvalue weighted by Gasteiger charge is 2.21. The molecule has 15 heavy (non-hydrogen) atoms. The van der Waals surface area contributed by atoms with E-state index in [-0.39, 0.29) is 5.92 Å². The molecule has 1 saturated heterocycles. The number of carbonyl (C=O) groups is 1. The van der Waals surface area contributed by atoms with E-state index in [2.05, 4.69) is 10.4 Å². The molecule has 1 N–H and O–H groups in total. The Hall–Kier alpha value is -1.16. The van der Waals surface area contributed by atoms with E-state index >= 15 is 0 Å². The molecule has 0 radical (unpaired) electrons. The Morgan fingerprint density at radius 3 is 3.20 bits per heavy atom. The Morgan fingerprint density at radius 1 is 1.73 bits per heavy atom.